The van der Waals surface area contributed by atoms with E-state index in [1.807, 2.05) is 0 Å². The molecule has 0 aliphatic heterocycles. The van der Waals surface area contributed by atoms with Gasteiger partial charge in [-0.2, -0.15) is 0 Å². The van der Waals surface area contributed by atoms with E-state index in [-0.39, 0.29) is 33.4 Å². The number of sulfone groups is 1. The normalized spacial score (nSPS) is 11.4. The zero-order valence-electron chi connectivity index (χ0n) is 26.6. The number of ether oxygens (including phenoxy) is 3. The largest absolute Gasteiger partial charge is 0.493 e. The Bertz CT molecular complexity index is 2050. The smallest absolute Gasteiger partial charge is 0.414 e. The van der Waals surface area contributed by atoms with Gasteiger partial charge in [-0.1, -0.05) is 30.3 Å². The Labute approximate surface area is 280 Å². The fourth-order valence-electron chi connectivity index (χ4n) is 4.95. The second-order valence-electron chi connectivity index (χ2n) is 10.9. The average molecular weight is 696 g/mol. The summed E-state index contributed by atoms with van der Waals surface area (Å²) in [4.78, 5) is 25.1. The highest BCUT2D eigenvalue weighted by molar-refractivity contribution is 7.91. The molecule has 0 saturated carbocycles. The van der Waals surface area contributed by atoms with E-state index in [0.717, 1.165) is 12.0 Å². The highest BCUT2D eigenvalue weighted by Crippen LogP contribution is 2.32. The molecule has 0 aliphatic carbocycles. The van der Waals surface area contributed by atoms with Crippen molar-refractivity contribution in [2.75, 3.05) is 26.9 Å². The summed E-state index contributed by atoms with van der Waals surface area (Å²) in [6, 6.07) is 18.2. The molecule has 0 saturated heterocycles. The van der Waals surface area contributed by atoms with Crippen molar-refractivity contribution in [2.45, 2.75) is 48.4 Å². The number of carbonyl (C=O) groups excluding carboxylic acids is 1. The summed E-state index contributed by atoms with van der Waals surface area (Å²) in [6.45, 7) is 0.752. The summed E-state index contributed by atoms with van der Waals surface area (Å²) >= 11 is 0. The zero-order chi connectivity index (χ0) is 34.8. The number of nitrogens with one attached hydrogen (secondary N) is 1. The van der Waals surface area contributed by atoms with Crippen LogP contribution < -0.4 is 30.1 Å². The fourth-order valence-corrected chi connectivity index (χ4v) is 6.24. The second kappa shape index (κ2) is 16.1. The van der Waals surface area contributed by atoms with E-state index in [4.69, 9.17) is 18.6 Å². The quantitative estimate of drug-likeness (QED) is 0.0806. The number of benzene rings is 3. The summed E-state index contributed by atoms with van der Waals surface area (Å²) < 4.78 is 65.5. The van der Waals surface area contributed by atoms with Crippen molar-refractivity contribution in [2.24, 2.45) is 0 Å². The Morgan fingerprint density at radius 1 is 0.939 bits per heavy atom. The maximum atomic E-state index is 13.1. The standard InChI is InChI=1S/C34H34FN3O10S/c1-44-29-21-24-20-27(31(39)36-17-9-10-23-13-15-25(35)16-14-23)34(40)47-28(24)22-30(29)45-18-7-2-3-8-19-46-32-33(38(41)48-37-32)49(42,43)26-11-5-4-6-12-26/h4-6,11-16,20-22H,2-3,7-10,17-19H2,1H3,(H,36,39). The van der Waals surface area contributed by atoms with Crippen molar-refractivity contribution in [3.8, 4) is 17.4 Å². The van der Waals surface area contributed by atoms with E-state index in [1.54, 1.807) is 24.3 Å². The minimum atomic E-state index is -4.19. The third-order valence-electron chi connectivity index (χ3n) is 7.49. The van der Waals surface area contributed by atoms with Gasteiger partial charge in [0.1, 0.15) is 17.0 Å². The molecule has 2 aromatic heterocycles. The van der Waals surface area contributed by atoms with E-state index < -0.39 is 32.3 Å². The lowest BCUT2D eigenvalue weighted by Gasteiger charge is -2.12. The molecule has 0 bridgehead atoms. The molecule has 15 heteroatoms. The maximum Gasteiger partial charge on any atom is 0.414 e. The van der Waals surface area contributed by atoms with Gasteiger partial charge in [-0.05, 0) is 85.4 Å². The van der Waals surface area contributed by atoms with Crippen molar-refractivity contribution in [1.29, 1.82) is 0 Å². The monoisotopic (exact) mass is 695 g/mol. The molecule has 3 aromatic carbocycles. The molecule has 0 fully saturated rings. The lowest BCUT2D eigenvalue weighted by molar-refractivity contribution is -0.832. The minimum Gasteiger partial charge on any atom is -0.493 e. The number of hydrogen-bond acceptors (Lipinski definition) is 11. The number of carbonyl (C=O) groups is 1. The lowest BCUT2D eigenvalue weighted by atomic mass is 10.1. The molecule has 0 radical (unpaired) electrons. The third-order valence-corrected chi connectivity index (χ3v) is 9.22. The molecule has 0 spiro atoms. The number of halogens is 1. The molecule has 258 valence electrons. The summed E-state index contributed by atoms with van der Waals surface area (Å²) in [7, 11) is -2.71. The van der Waals surface area contributed by atoms with Crippen LogP contribution >= 0.6 is 0 Å². The van der Waals surface area contributed by atoms with Gasteiger partial charge in [-0.3, -0.25) is 9.42 Å². The number of methoxy groups -OCH3 is 1. The Hall–Kier alpha value is -5.44. The van der Waals surface area contributed by atoms with E-state index in [9.17, 15) is 27.6 Å². The predicted octanol–water partition coefficient (Wildman–Crippen LogP) is 4.78. The Morgan fingerprint density at radius 2 is 1.65 bits per heavy atom. The molecule has 5 rings (SSSR count). The Morgan fingerprint density at radius 3 is 2.37 bits per heavy atom. The minimum absolute atomic E-state index is 0.0857. The van der Waals surface area contributed by atoms with Gasteiger partial charge in [0, 0.05) is 18.0 Å². The van der Waals surface area contributed by atoms with Crippen LogP contribution in [0.3, 0.4) is 0 Å². The van der Waals surface area contributed by atoms with Gasteiger partial charge in [0.2, 0.25) is 0 Å². The molecule has 0 atom stereocenters. The van der Waals surface area contributed by atoms with Crippen LogP contribution in [0.1, 0.15) is 48.0 Å². The van der Waals surface area contributed by atoms with Crippen molar-refractivity contribution >= 4 is 26.7 Å². The number of amides is 1. The molecule has 5 aromatic rings. The van der Waals surface area contributed by atoms with E-state index in [0.29, 0.717) is 62.1 Å². The molecular weight excluding hydrogens is 661 g/mol. The van der Waals surface area contributed by atoms with E-state index in [1.165, 1.54) is 55.6 Å². The highest BCUT2D eigenvalue weighted by atomic mass is 32.2. The summed E-state index contributed by atoms with van der Waals surface area (Å²) in [6.07, 6.45) is 3.90. The number of aryl methyl sites for hydroxylation is 1. The first-order valence-electron chi connectivity index (χ1n) is 15.5. The third kappa shape index (κ3) is 8.73. The fraction of sp³-hybridized carbons (Fsp3) is 0.294. The van der Waals surface area contributed by atoms with Gasteiger partial charge in [0.25, 0.3) is 15.7 Å². The molecule has 13 nitrogen and oxygen atoms in total. The lowest BCUT2D eigenvalue weighted by Crippen LogP contribution is -2.30. The Kier molecular flexibility index (Phi) is 11.5. The van der Waals surface area contributed by atoms with Crippen LogP contribution in [0.4, 0.5) is 4.39 Å². The van der Waals surface area contributed by atoms with Gasteiger partial charge >= 0.3 is 16.5 Å². The number of hydrogen-bond donors (Lipinski definition) is 1. The number of unbranched alkanes of at least 4 members (excludes halogenated alkanes) is 3. The first kappa shape index (κ1) is 34.9. The van der Waals surface area contributed by atoms with Gasteiger partial charge in [0.15, 0.2) is 11.5 Å². The molecule has 49 heavy (non-hydrogen) atoms. The summed E-state index contributed by atoms with van der Waals surface area (Å²) in [5, 5.41) is 18.0. The first-order chi connectivity index (χ1) is 23.7. The van der Waals surface area contributed by atoms with Crippen LogP contribution in [-0.2, 0) is 16.3 Å². The molecular formula is C34H34FN3O10S. The second-order valence-corrected chi connectivity index (χ2v) is 12.8. The van der Waals surface area contributed by atoms with Crippen molar-refractivity contribution in [1.82, 2.24) is 10.5 Å². The predicted molar refractivity (Wildman–Crippen MR) is 173 cm³/mol. The van der Waals surface area contributed by atoms with Crippen molar-refractivity contribution in [3.05, 3.63) is 105 Å². The van der Waals surface area contributed by atoms with Crippen LogP contribution in [-0.4, -0.2) is 46.3 Å². The zero-order valence-corrected chi connectivity index (χ0v) is 27.4. The summed E-state index contributed by atoms with van der Waals surface area (Å²) in [5.74, 6) is -0.515. The van der Waals surface area contributed by atoms with Crippen LogP contribution in [0.2, 0.25) is 0 Å². The van der Waals surface area contributed by atoms with Gasteiger partial charge in [0.05, 0.1) is 30.4 Å². The molecule has 1 amide bonds. The van der Waals surface area contributed by atoms with Crippen LogP contribution in [0.5, 0.6) is 17.4 Å². The van der Waals surface area contributed by atoms with Crippen LogP contribution in [0.15, 0.2) is 96.6 Å². The molecule has 0 aliphatic rings. The van der Waals surface area contributed by atoms with E-state index >= 15 is 0 Å². The van der Waals surface area contributed by atoms with Crippen LogP contribution in [0, 0.1) is 11.0 Å². The van der Waals surface area contributed by atoms with Crippen molar-refractivity contribution < 1.29 is 45.8 Å². The number of aromatic nitrogens is 2. The van der Waals surface area contributed by atoms with Gasteiger partial charge in [-0.15, -0.1) is 0 Å². The topological polar surface area (TPSA) is 174 Å². The summed E-state index contributed by atoms with van der Waals surface area (Å²) in [5.41, 5.74) is 0.238. The molecule has 2 heterocycles. The molecule has 0 unspecified atom stereocenters. The van der Waals surface area contributed by atoms with Gasteiger partial charge < -0.3 is 29.2 Å². The molecule has 1 N–H and O–H groups in total. The highest BCUT2D eigenvalue weighted by Gasteiger charge is 2.35. The average Bonchev–Trinajstić information content (AvgIpc) is 3.48. The number of fused-ring (bicyclic) bond motifs is 1. The maximum absolute atomic E-state index is 13.1. The van der Waals surface area contributed by atoms with Gasteiger partial charge in [-0.25, -0.2) is 17.6 Å². The number of nitrogens with zero attached hydrogens (tertiary/aromatic N) is 2. The van der Waals surface area contributed by atoms with Crippen LogP contribution in [0.25, 0.3) is 11.0 Å². The number of rotatable bonds is 17. The van der Waals surface area contributed by atoms with Crippen molar-refractivity contribution in [3.63, 3.8) is 0 Å². The van der Waals surface area contributed by atoms with E-state index in [2.05, 4.69) is 15.1 Å². The Balaban J connectivity index is 1.07. The first-order valence-corrected chi connectivity index (χ1v) is 17.0. The SMILES string of the molecule is COc1cc2cc(C(=O)NCCCc3ccc(F)cc3)c(=O)oc2cc1OCCCCCCOc1no[n+]([O-])c1S(=O)(=O)c1ccccc1.